The molecule has 8 heteroatoms. The van der Waals surface area contributed by atoms with E-state index in [1.165, 1.54) is 0 Å². The molecular weight excluding hydrogens is 710 g/mol. The lowest BCUT2D eigenvalue weighted by atomic mass is 9.63. The number of hydrogen-bond acceptors (Lipinski definition) is 4. The van der Waals surface area contributed by atoms with Gasteiger partial charge in [0.2, 0.25) is 0 Å². The predicted molar refractivity (Wildman–Crippen MR) is 144 cm³/mol. The number of imide groups is 1. The maximum absolute atomic E-state index is 13.1. The SMILES string of the molecule is O=C1[C@@H]2[C@@H]3C=C[C@H]([C@@H]4C[C@H]34)[C@@H]2C(=O)N1/N=C\c1cc(I)c(OCc2ccc(Br)cc2)c(I)c1. The molecule has 6 atom stereocenters. The Morgan fingerprint density at radius 2 is 1.58 bits per heavy atom. The van der Waals surface area contributed by atoms with E-state index in [1.54, 1.807) is 6.21 Å². The topological polar surface area (TPSA) is 59.0 Å². The van der Waals surface area contributed by atoms with Crippen molar-refractivity contribution < 1.29 is 14.3 Å². The lowest BCUT2D eigenvalue weighted by Gasteiger charge is -2.37. The van der Waals surface area contributed by atoms with E-state index in [0.29, 0.717) is 18.4 Å². The number of hydrazone groups is 1. The Labute approximate surface area is 227 Å². The second kappa shape index (κ2) is 8.44. The van der Waals surface area contributed by atoms with Crippen molar-refractivity contribution in [1.82, 2.24) is 5.01 Å². The third-order valence-corrected chi connectivity index (χ3v) is 9.41. The molecule has 3 fully saturated rings. The molecule has 168 valence electrons. The number of hydrogen-bond donors (Lipinski definition) is 0. The van der Waals surface area contributed by atoms with Gasteiger partial charge in [-0.2, -0.15) is 10.1 Å². The summed E-state index contributed by atoms with van der Waals surface area (Å²) < 4.78 is 9.01. The molecule has 33 heavy (non-hydrogen) atoms. The number of rotatable bonds is 5. The van der Waals surface area contributed by atoms with Crippen LogP contribution >= 0.6 is 61.1 Å². The molecule has 1 heterocycles. The summed E-state index contributed by atoms with van der Waals surface area (Å²) in [6, 6.07) is 12.0. The van der Waals surface area contributed by atoms with Crippen LogP contribution < -0.4 is 4.74 Å². The van der Waals surface area contributed by atoms with E-state index in [9.17, 15) is 9.59 Å². The Kier molecular flexibility index (Phi) is 5.68. The minimum absolute atomic E-state index is 0.134. The predicted octanol–water partition coefficient (Wildman–Crippen LogP) is 5.62. The van der Waals surface area contributed by atoms with Crippen LogP contribution in [0.4, 0.5) is 0 Å². The van der Waals surface area contributed by atoms with Gasteiger partial charge < -0.3 is 4.74 Å². The second-order valence-corrected chi connectivity index (χ2v) is 12.4. The first-order valence-electron chi connectivity index (χ1n) is 10.9. The first kappa shape index (κ1) is 22.2. The summed E-state index contributed by atoms with van der Waals surface area (Å²) in [7, 11) is 0. The number of ether oxygens (including phenoxy) is 1. The smallest absolute Gasteiger partial charge is 0.254 e. The van der Waals surface area contributed by atoms with Crippen LogP contribution in [0.3, 0.4) is 0 Å². The highest BCUT2D eigenvalue weighted by Gasteiger charge is 2.67. The molecule has 0 spiro atoms. The molecule has 4 aliphatic carbocycles. The Morgan fingerprint density at radius 3 is 2.15 bits per heavy atom. The number of nitrogens with zero attached hydrogens (tertiary/aromatic N) is 2. The minimum atomic E-state index is -0.219. The van der Waals surface area contributed by atoms with Gasteiger partial charge in [-0.25, -0.2) is 0 Å². The monoisotopic (exact) mass is 728 g/mol. The highest BCUT2D eigenvalue weighted by molar-refractivity contribution is 14.1. The number of allylic oxidation sites excluding steroid dienone is 2. The van der Waals surface area contributed by atoms with Gasteiger partial charge in [-0.15, -0.1) is 0 Å². The fourth-order valence-electron chi connectivity index (χ4n) is 5.71. The second-order valence-electron chi connectivity index (χ2n) is 9.12. The molecule has 2 amide bonds. The Bertz CT molecular complexity index is 1170. The van der Waals surface area contributed by atoms with Crippen LogP contribution in [0.25, 0.3) is 0 Å². The first-order chi connectivity index (χ1) is 15.9. The fourth-order valence-corrected chi connectivity index (χ4v) is 8.10. The summed E-state index contributed by atoms with van der Waals surface area (Å²) in [6.07, 6.45) is 7.13. The van der Waals surface area contributed by atoms with Gasteiger partial charge in [0.15, 0.2) is 0 Å². The van der Waals surface area contributed by atoms with E-state index >= 15 is 0 Å². The lowest BCUT2D eigenvalue weighted by Crippen LogP contribution is -2.40. The molecule has 0 radical (unpaired) electrons. The van der Waals surface area contributed by atoms with Crippen molar-refractivity contribution in [1.29, 1.82) is 0 Å². The number of carbonyl (C=O) groups excluding carboxylic acids is 2. The highest BCUT2D eigenvalue weighted by Crippen LogP contribution is 2.65. The van der Waals surface area contributed by atoms with E-state index in [0.717, 1.165) is 39.9 Å². The van der Waals surface area contributed by atoms with Gasteiger partial charge in [0.25, 0.3) is 11.8 Å². The third kappa shape index (κ3) is 3.80. The van der Waals surface area contributed by atoms with Crippen LogP contribution in [-0.4, -0.2) is 23.0 Å². The molecule has 0 N–H and O–H groups in total. The van der Waals surface area contributed by atoms with Gasteiger partial charge in [0.05, 0.1) is 25.2 Å². The number of halogens is 3. The Hall–Kier alpha value is -1.27. The Balaban J connectivity index is 1.18. The largest absolute Gasteiger partial charge is 0.487 e. The van der Waals surface area contributed by atoms with Crippen molar-refractivity contribution >= 4 is 79.1 Å². The minimum Gasteiger partial charge on any atom is -0.487 e. The normalized spacial score (nSPS) is 31.3. The van der Waals surface area contributed by atoms with Crippen LogP contribution in [0.15, 0.2) is 58.1 Å². The van der Waals surface area contributed by atoms with E-state index in [4.69, 9.17) is 4.74 Å². The van der Waals surface area contributed by atoms with Gasteiger partial charge in [0.1, 0.15) is 12.4 Å². The zero-order valence-electron chi connectivity index (χ0n) is 17.3. The molecule has 1 aliphatic heterocycles. The van der Waals surface area contributed by atoms with Gasteiger partial charge in [-0.1, -0.05) is 40.2 Å². The molecule has 2 aromatic carbocycles. The summed E-state index contributed by atoms with van der Waals surface area (Å²) in [5, 5.41) is 5.49. The molecule has 5 nitrogen and oxygen atoms in total. The molecule has 2 bridgehead atoms. The summed E-state index contributed by atoms with van der Waals surface area (Å²) in [6.45, 7) is 0.477. The number of amides is 2. The molecule has 7 rings (SSSR count). The lowest BCUT2D eigenvalue weighted by molar-refractivity contribution is -0.140. The zero-order chi connectivity index (χ0) is 22.9. The number of benzene rings is 2. The summed E-state index contributed by atoms with van der Waals surface area (Å²) in [5.74, 6) is 1.72. The van der Waals surface area contributed by atoms with Crippen LogP contribution in [0, 0.1) is 42.6 Å². The maximum Gasteiger partial charge on any atom is 0.254 e. The van der Waals surface area contributed by atoms with E-state index in [2.05, 4.69) is 78.4 Å². The van der Waals surface area contributed by atoms with Crippen LogP contribution in [0.1, 0.15) is 17.5 Å². The fraction of sp³-hybridized carbons (Fsp3) is 0.320. The van der Waals surface area contributed by atoms with Crippen LogP contribution in [0.2, 0.25) is 0 Å². The van der Waals surface area contributed by atoms with Crippen molar-refractivity contribution in [2.45, 2.75) is 13.0 Å². The van der Waals surface area contributed by atoms with Gasteiger partial charge in [-0.3, -0.25) is 9.59 Å². The molecule has 0 unspecified atom stereocenters. The van der Waals surface area contributed by atoms with Crippen LogP contribution in [-0.2, 0) is 16.2 Å². The average molecular weight is 729 g/mol. The first-order valence-corrected chi connectivity index (χ1v) is 13.8. The van der Waals surface area contributed by atoms with E-state index in [-0.39, 0.29) is 35.5 Å². The molecular formula is C25H19BrI2N2O3. The molecule has 2 aromatic rings. The van der Waals surface area contributed by atoms with Gasteiger partial charge in [0, 0.05) is 4.47 Å². The molecule has 1 saturated heterocycles. The van der Waals surface area contributed by atoms with E-state index < -0.39 is 0 Å². The average Bonchev–Trinajstić information content (AvgIpc) is 3.57. The summed E-state index contributed by atoms with van der Waals surface area (Å²) in [4.78, 5) is 26.2. The zero-order valence-corrected chi connectivity index (χ0v) is 23.2. The van der Waals surface area contributed by atoms with Crippen molar-refractivity contribution in [3.8, 4) is 5.75 Å². The summed E-state index contributed by atoms with van der Waals surface area (Å²) in [5.41, 5.74) is 1.92. The van der Waals surface area contributed by atoms with Gasteiger partial charge >= 0.3 is 0 Å². The summed E-state index contributed by atoms with van der Waals surface area (Å²) >= 11 is 7.94. The quantitative estimate of drug-likeness (QED) is 0.174. The van der Waals surface area contributed by atoms with Gasteiger partial charge in [-0.05, 0) is 111 Å². The molecule has 5 aliphatic rings. The van der Waals surface area contributed by atoms with Crippen molar-refractivity contribution in [3.63, 3.8) is 0 Å². The van der Waals surface area contributed by atoms with Crippen molar-refractivity contribution in [3.05, 3.63) is 71.3 Å². The maximum atomic E-state index is 13.1. The van der Waals surface area contributed by atoms with Crippen molar-refractivity contribution in [2.24, 2.45) is 40.6 Å². The number of carbonyl (C=O) groups is 2. The van der Waals surface area contributed by atoms with Crippen molar-refractivity contribution in [2.75, 3.05) is 0 Å². The van der Waals surface area contributed by atoms with E-state index in [1.807, 2.05) is 36.4 Å². The Morgan fingerprint density at radius 1 is 1.00 bits per heavy atom. The molecule has 2 saturated carbocycles. The highest BCUT2D eigenvalue weighted by atomic mass is 127. The third-order valence-electron chi connectivity index (χ3n) is 7.28. The molecule has 0 aromatic heterocycles. The van der Waals surface area contributed by atoms with Crippen LogP contribution in [0.5, 0.6) is 5.75 Å². The standard InChI is InChI=1S/C25H19BrI2N2O3/c26-14-3-1-12(2-4-14)11-33-23-19(27)7-13(8-20(23)28)10-29-30-24(31)21-15-5-6-16(18-9-17(15)18)22(21)25(30)32/h1-8,10,15-18,21-22H,9,11H2/b29-10-/t15-,16-,17-,18+,21-,22+/m1/s1.